The fourth-order valence-electron chi connectivity index (χ4n) is 2.79. The van der Waals surface area contributed by atoms with Crippen molar-refractivity contribution >= 4 is 32.7 Å². The van der Waals surface area contributed by atoms with Crippen LogP contribution in [0.3, 0.4) is 0 Å². The molecule has 21 heavy (non-hydrogen) atoms. The molecule has 0 aliphatic rings. The second-order valence-corrected chi connectivity index (χ2v) is 6.78. The van der Waals surface area contributed by atoms with E-state index in [1.807, 2.05) is 18.5 Å². The van der Waals surface area contributed by atoms with Gasteiger partial charge in [0.15, 0.2) is 0 Å². The number of halogens is 1. The number of aromatic nitrogens is 2. The molecule has 0 saturated carbocycles. The number of rotatable bonds is 6. The van der Waals surface area contributed by atoms with E-state index in [1.54, 1.807) is 0 Å². The van der Waals surface area contributed by atoms with Crippen LogP contribution in [0, 0.1) is 5.92 Å². The molecule has 2 heterocycles. The van der Waals surface area contributed by atoms with Gasteiger partial charge in [0.2, 0.25) is 0 Å². The second kappa shape index (κ2) is 7.21. The monoisotopic (exact) mass is 349 g/mol. The first-order chi connectivity index (χ1) is 10.1. The van der Waals surface area contributed by atoms with Gasteiger partial charge in [-0.3, -0.25) is 9.97 Å². The van der Waals surface area contributed by atoms with Crippen LogP contribution in [0.2, 0.25) is 0 Å². The molecule has 114 valence electrons. The zero-order valence-electron chi connectivity index (χ0n) is 13.3. The maximum atomic E-state index is 4.61. The number of nitrogens with zero attached hydrogens (tertiary/aromatic N) is 3. The molecule has 2 aromatic rings. The van der Waals surface area contributed by atoms with Gasteiger partial charge >= 0.3 is 0 Å². The van der Waals surface area contributed by atoms with Crippen LogP contribution in [0.25, 0.3) is 11.0 Å². The van der Waals surface area contributed by atoms with Crippen molar-refractivity contribution in [1.82, 2.24) is 9.97 Å². The lowest BCUT2D eigenvalue weighted by Gasteiger charge is -2.34. The van der Waals surface area contributed by atoms with Gasteiger partial charge in [0, 0.05) is 29.5 Å². The largest absolute Gasteiger partial charge is 0.366 e. The molecule has 0 aliphatic heterocycles. The van der Waals surface area contributed by atoms with Crippen molar-refractivity contribution in [1.29, 1.82) is 0 Å². The standard InChI is InChI=1S/C17H24BrN3/c1-5-14(6-2)21(11-12(3)4)16-7-8-19-15-9-13(18)10-20-17(15)16/h7-10,12,14H,5-6,11H2,1-4H3. The van der Waals surface area contributed by atoms with Crippen molar-refractivity contribution < 1.29 is 0 Å². The fourth-order valence-corrected chi connectivity index (χ4v) is 3.11. The predicted molar refractivity (Wildman–Crippen MR) is 93.8 cm³/mol. The third-order valence-corrected chi connectivity index (χ3v) is 4.21. The van der Waals surface area contributed by atoms with Gasteiger partial charge in [-0.1, -0.05) is 27.7 Å². The summed E-state index contributed by atoms with van der Waals surface area (Å²) >= 11 is 3.47. The molecule has 0 N–H and O–H groups in total. The van der Waals surface area contributed by atoms with Crippen LogP contribution in [0.5, 0.6) is 0 Å². The molecule has 3 nitrogen and oxygen atoms in total. The highest BCUT2D eigenvalue weighted by Gasteiger charge is 2.19. The normalized spacial score (nSPS) is 11.6. The number of hydrogen-bond acceptors (Lipinski definition) is 3. The molecule has 0 atom stereocenters. The molecule has 0 fully saturated rings. The summed E-state index contributed by atoms with van der Waals surface area (Å²) in [7, 11) is 0. The summed E-state index contributed by atoms with van der Waals surface area (Å²) in [5, 5.41) is 0. The van der Waals surface area contributed by atoms with E-state index in [2.05, 4.69) is 64.6 Å². The van der Waals surface area contributed by atoms with Crippen LogP contribution in [0.1, 0.15) is 40.5 Å². The summed E-state index contributed by atoms with van der Waals surface area (Å²) in [6.45, 7) is 10.1. The summed E-state index contributed by atoms with van der Waals surface area (Å²) < 4.78 is 0.970. The topological polar surface area (TPSA) is 29.0 Å². The Morgan fingerprint density at radius 3 is 2.52 bits per heavy atom. The Kier molecular flexibility index (Phi) is 5.57. The van der Waals surface area contributed by atoms with Crippen molar-refractivity contribution in [2.45, 2.75) is 46.6 Å². The Balaban J connectivity index is 2.53. The summed E-state index contributed by atoms with van der Waals surface area (Å²) in [5.74, 6) is 0.615. The van der Waals surface area contributed by atoms with Crippen LogP contribution in [-0.2, 0) is 0 Å². The number of pyridine rings is 2. The molecular formula is C17H24BrN3. The van der Waals surface area contributed by atoms with E-state index < -0.39 is 0 Å². The Hall–Kier alpha value is -1.16. The predicted octanol–water partition coefficient (Wildman–Crippen LogP) is 5.04. The molecule has 2 aromatic heterocycles. The molecule has 2 rings (SSSR count). The minimum absolute atomic E-state index is 0.545. The Labute approximate surface area is 135 Å². The molecule has 0 aromatic carbocycles. The maximum Gasteiger partial charge on any atom is 0.112 e. The van der Waals surface area contributed by atoms with Gasteiger partial charge in [-0.05, 0) is 46.8 Å². The van der Waals surface area contributed by atoms with Gasteiger partial charge in [0.05, 0.1) is 11.2 Å². The van der Waals surface area contributed by atoms with E-state index in [9.17, 15) is 0 Å². The number of hydrogen-bond donors (Lipinski definition) is 0. The first kappa shape index (κ1) is 16.2. The van der Waals surface area contributed by atoms with Crippen molar-refractivity contribution in [3.8, 4) is 0 Å². The number of fused-ring (bicyclic) bond motifs is 1. The minimum atomic E-state index is 0.545. The molecule has 0 spiro atoms. The van der Waals surface area contributed by atoms with Gasteiger partial charge in [-0.15, -0.1) is 0 Å². The van der Waals surface area contributed by atoms with Crippen LogP contribution in [-0.4, -0.2) is 22.6 Å². The van der Waals surface area contributed by atoms with Gasteiger partial charge in [0.1, 0.15) is 5.52 Å². The smallest absolute Gasteiger partial charge is 0.112 e. The minimum Gasteiger partial charge on any atom is -0.366 e. The lowest BCUT2D eigenvalue weighted by Crippen LogP contribution is -2.37. The number of anilines is 1. The maximum absolute atomic E-state index is 4.61. The van der Waals surface area contributed by atoms with E-state index in [0.29, 0.717) is 12.0 Å². The van der Waals surface area contributed by atoms with Gasteiger partial charge in [-0.2, -0.15) is 0 Å². The summed E-state index contributed by atoms with van der Waals surface area (Å²) in [6, 6.07) is 4.68. The van der Waals surface area contributed by atoms with Crippen molar-refractivity contribution in [2.24, 2.45) is 5.92 Å². The average Bonchev–Trinajstić information content (AvgIpc) is 2.46. The van der Waals surface area contributed by atoms with E-state index in [0.717, 1.165) is 34.9 Å². The second-order valence-electron chi connectivity index (χ2n) is 5.87. The average molecular weight is 350 g/mol. The lowest BCUT2D eigenvalue weighted by atomic mass is 10.1. The lowest BCUT2D eigenvalue weighted by molar-refractivity contribution is 0.508. The zero-order valence-corrected chi connectivity index (χ0v) is 14.9. The first-order valence-electron chi connectivity index (χ1n) is 7.73. The Bertz CT molecular complexity index is 594. The fraction of sp³-hybridized carbons (Fsp3) is 0.529. The van der Waals surface area contributed by atoms with E-state index >= 15 is 0 Å². The quantitative estimate of drug-likeness (QED) is 0.731. The highest BCUT2D eigenvalue weighted by Crippen LogP contribution is 2.29. The van der Waals surface area contributed by atoms with Crippen LogP contribution >= 0.6 is 15.9 Å². The third kappa shape index (κ3) is 3.73. The molecule has 0 aliphatic carbocycles. The van der Waals surface area contributed by atoms with Gasteiger partial charge < -0.3 is 4.90 Å². The Morgan fingerprint density at radius 2 is 1.90 bits per heavy atom. The van der Waals surface area contributed by atoms with Crippen molar-refractivity contribution in [3.05, 3.63) is 29.0 Å². The van der Waals surface area contributed by atoms with Gasteiger partial charge in [-0.25, -0.2) is 0 Å². The van der Waals surface area contributed by atoms with E-state index in [4.69, 9.17) is 0 Å². The van der Waals surface area contributed by atoms with Crippen molar-refractivity contribution in [2.75, 3.05) is 11.4 Å². The highest BCUT2D eigenvalue weighted by atomic mass is 79.9. The van der Waals surface area contributed by atoms with E-state index in [-0.39, 0.29) is 0 Å². The molecule has 4 heteroatoms. The summed E-state index contributed by atoms with van der Waals surface area (Å²) in [5.41, 5.74) is 3.14. The first-order valence-corrected chi connectivity index (χ1v) is 8.53. The summed E-state index contributed by atoms with van der Waals surface area (Å²) in [6.07, 6.45) is 6.03. The SMILES string of the molecule is CCC(CC)N(CC(C)C)c1ccnc2cc(Br)cnc12. The van der Waals surface area contributed by atoms with Crippen molar-refractivity contribution in [3.63, 3.8) is 0 Å². The molecule has 0 amide bonds. The molecule has 0 saturated heterocycles. The summed E-state index contributed by atoms with van der Waals surface area (Å²) in [4.78, 5) is 11.6. The molecule has 0 bridgehead atoms. The molecule has 0 radical (unpaired) electrons. The highest BCUT2D eigenvalue weighted by molar-refractivity contribution is 9.10. The van der Waals surface area contributed by atoms with Gasteiger partial charge in [0.25, 0.3) is 0 Å². The van der Waals surface area contributed by atoms with Crippen LogP contribution in [0.15, 0.2) is 29.0 Å². The third-order valence-electron chi connectivity index (χ3n) is 3.78. The Morgan fingerprint density at radius 1 is 1.19 bits per heavy atom. The molecule has 0 unspecified atom stereocenters. The zero-order chi connectivity index (χ0) is 15.4. The molecular weight excluding hydrogens is 326 g/mol. The van der Waals surface area contributed by atoms with Crippen LogP contribution in [0.4, 0.5) is 5.69 Å². The van der Waals surface area contributed by atoms with E-state index in [1.165, 1.54) is 5.69 Å². The van der Waals surface area contributed by atoms with Crippen LogP contribution < -0.4 is 4.90 Å².